The van der Waals surface area contributed by atoms with Crippen molar-refractivity contribution in [1.82, 2.24) is 10.6 Å². The van der Waals surface area contributed by atoms with Crippen molar-refractivity contribution < 1.29 is 19.0 Å². The molecule has 0 bridgehead atoms. The molecule has 7 heteroatoms. The molecule has 1 heterocycles. The molecule has 1 aliphatic heterocycles. The van der Waals surface area contributed by atoms with Gasteiger partial charge in [-0.25, -0.2) is 0 Å². The molecule has 34 heavy (non-hydrogen) atoms. The molecule has 1 saturated heterocycles. The monoisotopic (exact) mass is 494 g/mol. The molecular weight excluding hydrogens is 448 g/mol. The van der Waals surface area contributed by atoms with E-state index in [1.54, 1.807) is 33.1 Å². The van der Waals surface area contributed by atoms with Crippen LogP contribution in [0.1, 0.15) is 94.9 Å². The van der Waals surface area contributed by atoms with Crippen LogP contribution in [0.15, 0.2) is 12.1 Å². The lowest BCUT2D eigenvalue weighted by Gasteiger charge is -2.18. The lowest BCUT2D eigenvalue weighted by molar-refractivity contribution is -0.122. The van der Waals surface area contributed by atoms with Gasteiger partial charge < -0.3 is 19.5 Å². The van der Waals surface area contributed by atoms with Gasteiger partial charge in [0.05, 0.1) is 32.7 Å². The van der Waals surface area contributed by atoms with Gasteiger partial charge in [0.15, 0.2) is 11.5 Å². The summed E-state index contributed by atoms with van der Waals surface area (Å²) in [5, 5.41) is 6.56. The standard InChI is InChI=1S/C27H46N2O4S/c1-5-6-7-8-9-10-11-12-13-14-15-16-17-28-26(30)22-20-34-27(29-22)21-18-23(31-2)25(33-4)24(19-21)32-3/h18-19,22,27,29H,5-17,20H2,1-4H3,(H,28,30)/t22-,27?/m0/s1. The summed E-state index contributed by atoms with van der Waals surface area (Å²) >= 11 is 1.72. The van der Waals surface area contributed by atoms with Crippen molar-refractivity contribution in [3.63, 3.8) is 0 Å². The topological polar surface area (TPSA) is 68.8 Å². The molecule has 0 spiro atoms. The first-order valence-electron chi connectivity index (χ1n) is 13.1. The summed E-state index contributed by atoms with van der Waals surface area (Å²) in [4.78, 5) is 12.6. The fourth-order valence-electron chi connectivity index (χ4n) is 4.37. The number of thioether (sulfide) groups is 1. The van der Waals surface area contributed by atoms with Gasteiger partial charge in [-0.2, -0.15) is 0 Å². The first kappa shape index (κ1) is 28.6. The smallest absolute Gasteiger partial charge is 0.238 e. The van der Waals surface area contributed by atoms with Crippen LogP contribution in [0.5, 0.6) is 17.2 Å². The minimum atomic E-state index is -0.189. The molecule has 194 valence electrons. The SMILES string of the molecule is CCCCCCCCCCCCCCNC(=O)[C@@H]1CSC(c2cc(OC)c(OC)c(OC)c2)N1. The van der Waals surface area contributed by atoms with Crippen molar-refractivity contribution in [1.29, 1.82) is 0 Å². The first-order chi connectivity index (χ1) is 16.6. The fourth-order valence-corrected chi connectivity index (χ4v) is 5.59. The highest BCUT2D eigenvalue weighted by Crippen LogP contribution is 2.43. The first-order valence-corrected chi connectivity index (χ1v) is 14.1. The molecular formula is C27H46N2O4S. The van der Waals surface area contributed by atoms with Crippen molar-refractivity contribution in [3.05, 3.63) is 17.7 Å². The highest BCUT2D eigenvalue weighted by atomic mass is 32.2. The van der Waals surface area contributed by atoms with Crippen molar-refractivity contribution in [2.45, 2.75) is 95.4 Å². The molecule has 1 aliphatic rings. The van der Waals surface area contributed by atoms with Crippen LogP contribution in [0.4, 0.5) is 0 Å². The van der Waals surface area contributed by atoms with Crippen LogP contribution in [0, 0.1) is 0 Å². The van der Waals surface area contributed by atoms with Gasteiger partial charge in [0.25, 0.3) is 0 Å². The number of carbonyl (C=O) groups is 1. The van der Waals surface area contributed by atoms with Crippen LogP contribution >= 0.6 is 11.8 Å². The second kappa shape index (κ2) is 16.9. The van der Waals surface area contributed by atoms with Gasteiger partial charge in [0, 0.05) is 12.3 Å². The predicted octanol–water partition coefficient (Wildman–Crippen LogP) is 6.23. The third-order valence-electron chi connectivity index (χ3n) is 6.42. The average molecular weight is 495 g/mol. The Balaban J connectivity index is 1.60. The zero-order chi connectivity index (χ0) is 24.6. The van der Waals surface area contributed by atoms with Gasteiger partial charge in [0.1, 0.15) is 0 Å². The predicted molar refractivity (Wildman–Crippen MR) is 142 cm³/mol. The Bertz CT molecular complexity index is 691. The molecule has 0 aromatic heterocycles. The molecule has 2 rings (SSSR count). The van der Waals surface area contributed by atoms with Gasteiger partial charge in [-0.1, -0.05) is 77.6 Å². The number of hydrogen-bond donors (Lipinski definition) is 2. The summed E-state index contributed by atoms with van der Waals surface area (Å²) in [5.41, 5.74) is 1.01. The number of unbranched alkanes of at least 4 members (excludes halogenated alkanes) is 11. The summed E-state index contributed by atoms with van der Waals surface area (Å²) in [6.07, 6.45) is 15.9. The van der Waals surface area contributed by atoms with Crippen LogP contribution in [0.25, 0.3) is 0 Å². The minimum Gasteiger partial charge on any atom is -0.493 e. The van der Waals surface area contributed by atoms with E-state index in [4.69, 9.17) is 14.2 Å². The molecule has 2 atom stereocenters. The Labute approximate surface area is 211 Å². The molecule has 6 nitrogen and oxygen atoms in total. The zero-order valence-corrected chi connectivity index (χ0v) is 22.6. The number of amides is 1. The Morgan fingerprint density at radius 1 is 0.882 bits per heavy atom. The lowest BCUT2D eigenvalue weighted by atomic mass is 10.1. The Kier molecular flexibility index (Phi) is 14.3. The van der Waals surface area contributed by atoms with Crippen LogP contribution in [-0.4, -0.2) is 45.6 Å². The Morgan fingerprint density at radius 3 is 1.91 bits per heavy atom. The third-order valence-corrected chi connectivity index (χ3v) is 7.69. The van der Waals surface area contributed by atoms with Crippen molar-refractivity contribution in [3.8, 4) is 17.2 Å². The van der Waals surface area contributed by atoms with Crippen LogP contribution in [-0.2, 0) is 4.79 Å². The van der Waals surface area contributed by atoms with E-state index in [0.717, 1.165) is 24.3 Å². The number of rotatable bonds is 18. The number of carbonyl (C=O) groups excluding carboxylic acids is 1. The highest BCUT2D eigenvalue weighted by Gasteiger charge is 2.31. The van der Waals surface area contributed by atoms with Crippen LogP contribution in [0.2, 0.25) is 0 Å². The van der Waals surface area contributed by atoms with Crippen LogP contribution in [0.3, 0.4) is 0 Å². The lowest BCUT2D eigenvalue weighted by Crippen LogP contribution is -2.42. The van der Waals surface area contributed by atoms with E-state index >= 15 is 0 Å². The van der Waals surface area contributed by atoms with Crippen LogP contribution < -0.4 is 24.8 Å². The second-order valence-electron chi connectivity index (χ2n) is 9.07. The number of hydrogen-bond acceptors (Lipinski definition) is 6. The number of nitrogens with one attached hydrogen (secondary N) is 2. The van der Waals surface area contributed by atoms with Crippen molar-refractivity contribution in [2.75, 3.05) is 33.6 Å². The van der Waals surface area contributed by atoms with E-state index < -0.39 is 0 Å². The maximum atomic E-state index is 12.6. The highest BCUT2D eigenvalue weighted by molar-refractivity contribution is 7.99. The van der Waals surface area contributed by atoms with Gasteiger partial charge in [0.2, 0.25) is 11.7 Å². The molecule has 1 fully saturated rings. The zero-order valence-electron chi connectivity index (χ0n) is 21.8. The molecule has 1 amide bonds. The normalized spacial score (nSPS) is 17.5. The Hall–Kier alpha value is -1.60. The summed E-state index contributed by atoms with van der Waals surface area (Å²) in [7, 11) is 4.82. The largest absolute Gasteiger partial charge is 0.493 e. The van der Waals surface area contributed by atoms with E-state index in [-0.39, 0.29) is 17.3 Å². The summed E-state index contributed by atoms with van der Waals surface area (Å²) in [6.45, 7) is 3.03. The molecule has 2 N–H and O–H groups in total. The average Bonchev–Trinajstić information content (AvgIpc) is 3.36. The van der Waals surface area contributed by atoms with E-state index in [1.165, 1.54) is 70.6 Å². The van der Waals surface area contributed by atoms with Gasteiger partial charge in [-0.3, -0.25) is 10.1 Å². The maximum absolute atomic E-state index is 12.6. The van der Waals surface area contributed by atoms with E-state index in [1.807, 2.05) is 12.1 Å². The van der Waals surface area contributed by atoms with Crippen molar-refractivity contribution >= 4 is 17.7 Å². The van der Waals surface area contributed by atoms with Gasteiger partial charge in [-0.15, -0.1) is 11.8 Å². The van der Waals surface area contributed by atoms with Gasteiger partial charge in [-0.05, 0) is 24.1 Å². The number of ether oxygens (including phenoxy) is 3. The quantitative estimate of drug-likeness (QED) is 0.236. The van der Waals surface area contributed by atoms with E-state index in [0.29, 0.717) is 17.2 Å². The fraction of sp³-hybridized carbons (Fsp3) is 0.741. The summed E-state index contributed by atoms with van der Waals surface area (Å²) in [5.74, 6) is 2.66. The molecule has 1 unspecified atom stereocenters. The molecule has 0 saturated carbocycles. The minimum absolute atomic E-state index is 0.0103. The van der Waals surface area contributed by atoms with E-state index in [9.17, 15) is 4.79 Å². The Morgan fingerprint density at radius 2 is 1.41 bits per heavy atom. The molecule has 0 radical (unpaired) electrons. The van der Waals surface area contributed by atoms with Crippen molar-refractivity contribution in [2.24, 2.45) is 0 Å². The molecule has 1 aromatic carbocycles. The summed E-state index contributed by atoms with van der Waals surface area (Å²) < 4.78 is 16.3. The molecule has 0 aliphatic carbocycles. The molecule has 1 aromatic rings. The number of benzene rings is 1. The van der Waals surface area contributed by atoms with E-state index in [2.05, 4.69) is 17.6 Å². The maximum Gasteiger partial charge on any atom is 0.238 e. The third kappa shape index (κ3) is 9.57. The van der Waals surface area contributed by atoms with Gasteiger partial charge >= 0.3 is 0 Å². The number of methoxy groups -OCH3 is 3. The second-order valence-corrected chi connectivity index (χ2v) is 10.2. The summed E-state index contributed by atoms with van der Waals surface area (Å²) in [6, 6.07) is 3.70.